The quantitative estimate of drug-likeness (QED) is 0.663. The van der Waals surface area contributed by atoms with Crippen LogP contribution in [0, 0.1) is 11.8 Å². The Bertz CT molecular complexity index is 579. The first-order valence-electron chi connectivity index (χ1n) is 6.31. The van der Waals surface area contributed by atoms with Crippen molar-refractivity contribution in [2.75, 3.05) is 13.7 Å². The van der Waals surface area contributed by atoms with E-state index in [-0.39, 0.29) is 6.54 Å². The highest BCUT2D eigenvalue weighted by Crippen LogP contribution is 2.06. The molecule has 0 unspecified atom stereocenters. The first kappa shape index (κ1) is 16.5. The summed E-state index contributed by atoms with van der Waals surface area (Å²) in [6.45, 7) is 5.48. The summed E-state index contributed by atoms with van der Waals surface area (Å²) in [6, 6.07) is 1.57. The molecule has 1 heterocycles. The lowest BCUT2D eigenvalue weighted by atomic mass is 10.2. The number of carbonyl (C=O) groups excluding carboxylic acids is 2. The lowest BCUT2D eigenvalue weighted by Gasteiger charge is -2.18. The minimum absolute atomic E-state index is 0.136. The van der Waals surface area contributed by atoms with Crippen molar-refractivity contribution in [1.29, 1.82) is 0 Å². The molecule has 0 spiro atoms. The van der Waals surface area contributed by atoms with E-state index in [1.807, 2.05) is 0 Å². The average molecular weight is 290 g/mol. The number of rotatable bonds is 2. The highest BCUT2D eigenvalue weighted by Gasteiger charge is 2.15. The SMILES string of the molecule is COC(=O)c1cncc(C#CCNC(=O)OC(C)(C)C)c1. The van der Waals surface area contributed by atoms with Gasteiger partial charge in [-0.3, -0.25) is 4.98 Å². The van der Waals surface area contributed by atoms with Crippen LogP contribution in [0.15, 0.2) is 18.5 Å². The highest BCUT2D eigenvalue weighted by atomic mass is 16.6. The molecule has 0 atom stereocenters. The Hall–Kier alpha value is -2.55. The van der Waals surface area contributed by atoms with E-state index in [1.54, 1.807) is 26.8 Å². The van der Waals surface area contributed by atoms with Crippen LogP contribution in [-0.2, 0) is 9.47 Å². The second kappa shape index (κ2) is 7.29. The van der Waals surface area contributed by atoms with Gasteiger partial charge in [-0.15, -0.1) is 0 Å². The molecular formula is C15H18N2O4. The van der Waals surface area contributed by atoms with Gasteiger partial charge >= 0.3 is 12.1 Å². The number of esters is 1. The Labute approximate surface area is 123 Å². The van der Waals surface area contributed by atoms with Gasteiger partial charge < -0.3 is 14.8 Å². The molecule has 0 aliphatic rings. The lowest BCUT2D eigenvalue weighted by molar-refractivity contribution is 0.0533. The standard InChI is InChI=1S/C15H18N2O4/c1-15(2,3)21-14(19)17-7-5-6-11-8-12(10-16-9-11)13(18)20-4/h8-10H,7H2,1-4H3,(H,17,19). The van der Waals surface area contributed by atoms with Gasteiger partial charge in [-0.2, -0.15) is 0 Å². The molecule has 0 bridgehead atoms. The third-order valence-electron chi connectivity index (χ3n) is 2.11. The number of aromatic nitrogens is 1. The largest absolute Gasteiger partial charge is 0.465 e. The summed E-state index contributed by atoms with van der Waals surface area (Å²) in [6.07, 6.45) is 2.39. The summed E-state index contributed by atoms with van der Waals surface area (Å²) in [7, 11) is 1.30. The summed E-state index contributed by atoms with van der Waals surface area (Å²) in [4.78, 5) is 26.6. The topological polar surface area (TPSA) is 77.5 Å². The van der Waals surface area contributed by atoms with Crippen molar-refractivity contribution >= 4 is 12.1 Å². The predicted molar refractivity (Wildman–Crippen MR) is 76.7 cm³/mol. The van der Waals surface area contributed by atoms with E-state index in [2.05, 4.69) is 26.9 Å². The number of alkyl carbamates (subject to hydrolysis) is 1. The number of hydrogen-bond acceptors (Lipinski definition) is 5. The van der Waals surface area contributed by atoms with E-state index in [9.17, 15) is 9.59 Å². The molecule has 6 heteroatoms. The second-order valence-electron chi connectivity index (χ2n) is 5.11. The average Bonchev–Trinajstić information content (AvgIpc) is 2.41. The number of amides is 1. The van der Waals surface area contributed by atoms with Crippen LogP contribution in [0.25, 0.3) is 0 Å². The number of nitrogens with one attached hydrogen (secondary N) is 1. The van der Waals surface area contributed by atoms with E-state index in [4.69, 9.17) is 4.74 Å². The van der Waals surface area contributed by atoms with Crippen LogP contribution in [0.3, 0.4) is 0 Å². The highest BCUT2D eigenvalue weighted by molar-refractivity contribution is 5.89. The van der Waals surface area contributed by atoms with Gasteiger partial charge in [-0.1, -0.05) is 11.8 Å². The Morgan fingerprint density at radius 3 is 2.67 bits per heavy atom. The fourth-order valence-corrected chi connectivity index (χ4v) is 1.31. The molecule has 1 rings (SSSR count). The minimum atomic E-state index is -0.545. The van der Waals surface area contributed by atoms with Gasteiger partial charge in [0, 0.05) is 18.0 Å². The van der Waals surface area contributed by atoms with Crippen molar-refractivity contribution < 1.29 is 19.1 Å². The van der Waals surface area contributed by atoms with Crippen LogP contribution in [0.4, 0.5) is 4.79 Å². The van der Waals surface area contributed by atoms with Crippen LogP contribution in [0.2, 0.25) is 0 Å². The molecule has 6 nitrogen and oxygen atoms in total. The van der Waals surface area contributed by atoms with Gasteiger partial charge in [0.1, 0.15) is 5.60 Å². The second-order valence-corrected chi connectivity index (χ2v) is 5.11. The molecule has 0 fully saturated rings. The molecule has 0 aliphatic heterocycles. The van der Waals surface area contributed by atoms with E-state index < -0.39 is 17.7 Å². The summed E-state index contributed by atoms with van der Waals surface area (Å²) >= 11 is 0. The smallest absolute Gasteiger partial charge is 0.408 e. The maximum absolute atomic E-state index is 11.4. The van der Waals surface area contributed by atoms with E-state index in [1.165, 1.54) is 19.5 Å². The Balaban J connectivity index is 2.56. The Kier molecular flexibility index (Phi) is 5.73. The maximum Gasteiger partial charge on any atom is 0.408 e. The summed E-state index contributed by atoms with van der Waals surface area (Å²) < 4.78 is 9.66. The molecule has 0 radical (unpaired) electrons. The van der Waals surface area contributed by atoms with Crippen molar-refractivity contribution in [1.82, 2.24) is 10.3 Å². The summed E-state index contributed by atoms with van der Waals surface area (Å²) in [5.74, 6) is 5.07. The van der Waals surface area contributed by atoms with Crippen molar-refractivity contribution in [3.05, 3.63) is 29.6 Å². The predicted octanol–water partition coefficient (Wildman–Crippen LogP) is 1.74. The normalized spacial score (nSPS) is 10.1. The van der Waals surface area contributed by atoms with Gasteiger partial charge in [0.25, 0.3) is 0 Å². The van der Waals surface area contributed by atoms with E-state index in [0.29, 0.717) is 11.1 Å². The van der Waals surface area contributed by atoms with E-state index >= 15 is 0 Å². The van der Waals surface area contributed by atoms with Crippen LogP contribution in [-0.4, -0.2) is 36.3 Å². The monoisotopic (exact) mass is 290 g/mol. The van der Waals surface area contributed by atoms with Gasteiger partial charge in [0.05, 0.1) is 19.2 Å². The van der Waals surface area contributed by atoms with Crippen molar-refractivity contribution in [2.24, 2.45) is 0 Å². The van der Waals surface area contributed by atoms with Crippen molar-refractivity contribution in [3.63, 3.8) is 0 Å². The third-order valence-corrected chi connectivity index (χ3v) is 2.11. The molecule has 0 aliphatic carbocycles. The van der Waals surface area contributed by atoms with Gasteiger partial charge in [-0.25, -0.2) is 9.59 Å². The Morgan fingerprint density at radius 1 is 1.33 bits per heavy atom. The van der Waals surface area contributed by atoms with Gasteiger partial charge in [0.15, 0.2) is 0 Å². The van der Waals surface area contributed by atoms with Crippen LogP contribution in [0.1, 0.15) is 36.7 Å². The van der Waals surface area contributed by atoms with Crippen LogP contribution < -0.4 is 5.32 Å². The molecule has 1 aromatic rings. The van der Waals surface area contributed by atoms with Gasteiger partial charge in [0.2, 0.25) is 0 Å². The third kappa shape index (κ3) is 6.43. The van der Waals surface area contributed by atoms with Crippen LogP contribution >= 0.6 is 0 Å². The van der Waals surface area contributed by atoms with Crippen molar-refractivity contribution in [2.45, 2.75) is 26.4 Å². The number of carbonyl (C=O) groups is 2. The first-order valence-corrected chi connectivity index (χ1v) is 6.31. The van der Waals surface area contributed by atoms with Gasteiger partial charge in [-0.05, 0) is 26.8 Å². The number of ether oxygens (including phenoxy) is 2. The molecule has 0 saturated carbocycles. The number of methoxy groups -OCH3 is 1. The van der Waals surface area contributed by atoms with E-state index in [0.717, 1.165) is 0 Å². The molecular weight excluding hydrogens is 272 g/mol. The zero-order valence-corrected chi connectivity index (χ0v) is 12.5. The van der Waals surface area contributed by atoms with Crippen LogP contribution in [0.5, 0.6) is 0 Å². The fourth-order valence-electron chi connectivity index (χ4n) is 1.31. The fraction of sp³-hybridized carbons (Fsp3) is 0.400. The summed E-state index contributed by atoms with van der Waals surface area (Å²) in [5.41, 5.74) is 0.337. The zero-order valence-electron chi connectivity index (χ0n) is 12.5. The molecule has 0 saturated heterocycles. The molecule has 21 heavy (non-hydrogen) atoms. The zero-order chi connectivity index (χ0) is 15.9. The lowest BCUT2D eigenvalue weighted by Crippen LogP contribution is -2.32. The number of pyridine rings is 1. The van der Waals surface area contributed by atoms with Crippen molar-refractivity contribution in [3.8, 4) is 11.8 Å². The maximum atomic E-state index is 11.4. The first-order chi connectivity index (χ1) is 9.81. The molecule has 1 aromatic heterocycles. The molecule has 1 amide bonds. The number of hydrogen-bond donors (Lipinski definition) is 1. The molecule has 112 valence electrons. The summed E-state index contributed by atoms with van der Waals surface area (Å²) in [5, 5.41) is 2.51. The number of nitrogens with zero attached hydrogens (tertiary/aromatic N) is 1. The molecule has 0 aromatic carbocycles. The Morgan fingerprint density at radius 2 is 2.05 bits per heavy atom. The minimum Gasteiger partial charge on any atom is -0.465 e. The molecule has 1 N–H and O–H groups in total.